The van der Waals surface area contributed by atoms with Gasteiger partial charge in [-0.05, 0) is 22.6 Å². The highest BCUT2D eigenvalue weighted by atomic mass is 127. The van der Waals surface area contributed by atoms with Gasteiger partial charge in [-0.1, -0.05) is 0 Å². The summed E-state index contributed by atoms with van der Waals surface area (Å²) in [5.74, 6) is 0.572. The number of aliphatic imine (C=N–C) groups is 1. The number of hydrogen-bond donors (Lipinski definition) is 1. The lowest BCUT2D eigenvalue weighted by Crippen LogP contribution is -2.16. The van der Waals surface area contributed by atoms with Gasteiger partial charge in [0.15, 0.2) is 12.5 Å². The number of halogens is 1. The van der Waals surface area contributed by atoms with E-state index in [-0.39, 0.29) is 12.5 Å². The maximum atomic E-state index is 5.63. The van der Waals surface area contributed by atoms with Gasteiger partial charge in [0.2, 0.25) is 0 Å². The first kappa shape index (κ1) is 7.35. The summed E-state index contributed by atoms with van der Waals surface area (Å²) in [6, 6.07) is 0. The molecule has 2 aliphatic rings. The van der Waals surface area contributed by atoms with Crippen LogP contribution in [0.1, 0.15) is 0 Å². The molecule has 2 atom stereocenters. The third-order valence-corrected chi connectivity index (χ3v) is 2.51. The minimum atomic E-state index is -0.0384. The Hall–Kier alpha value is -0.300. The highest BCUT2D eigenvalue weighted by Crippen LogP contribution is 2.30. The van der Waals surface area contributed by atoms with Gasteiger partial charge in [-0.25, -0.2) is 4.99 Å². The second-order valence-electron chi connectivity index (χ2n) is 2.57. The zero-order valence-corrected chi connectivity index (χ0v) is 8.15. The van der Waals surface area contributed by atoms with E-state index in [1.807, 2.05) is 18.1 Å². The third-order valence-electron chi connectivity index (χ3n) is 1.68. The first-order valence-electron chi connectivity index (χ1n) is 3.27. The summed E-state index contributed by atoms with van der Waals surface area (Å²) in [5.41, 5.74) is 5.63. The molecule has 0 bridgehead atoms. The molecule has 0 aliphatic carbocycles. The number of amidine groups is 1. The fourth-order valence-corrected chi connectivity index (χ4v) is 1.58. The first-order valence-corrected chi connectivity index (χ1v) is 4.35. The van der Waals surface area contributed by atoms with Gasteiger partial charge in [-0.15, -0.1) is 0 Å². The van der Waals surface area contributed by atoms with Gasteiger partial charge in [0.25, 0.3) is 0 Å². The standard InChI is InChI=1S/C6H8IN3O/c1-10-2-3(7)4(8)9-5-6(10)11-5/h2,5-6H,1H3,(H2,8,9). The van der Waals surface area contributed by atoms with Crippen LogP contribution in [0, 0.1) is 0 Å². The lowest BCUT2D eigenvalue weighted by Gasteiger charge is -2.08. The lowest BCUT2D eigenvalue weighted by molar-refractivity contribution is 0.265. The summed E-state index contributed by atoms with van der Waals surface area (Å²) in [6.07, 6.45) is 2.01. The van der Waals surface area contributed by atoms with Crippen LogP contribution in [0.15, 0.2) is 14.8 Å². The summed E-state index contributed by atoms with van der Waals surface area (Å²) in [6.45, 7) is 0. The Morgan fingerprint density at radius 3 is 3.27 bits per heavy atom. The molecule has 2 aliphatic heterocycles. The largest absolute Gasteiger partial charge is 0.383 e. The molecule has 0 saturated carbocycles. The number of fused-ring (bicyclic) bond motifs is 1. The number of hydrogen-bond acceptors (Lipinski definition) is 4. The molecule has 2 N–H and O–H groups in total. The average Bonchev–Trinajstić information content (AvgIpc) is 2.66. The van der Waals surface area contributed by atoms with Gasteiger partial charge >= 0.3 is 0 Å². The van der Waals surface area contributed by atoms with Crippen LogP contribution in [-0.4, -0.2) is 30.2 Å². The predicted molar refractivity (Wildman–Crippen MR) is 50.1 cm³/mol. The van der Waals surface area contributed by atoms with Crippen LogP contribution >= 0.6 is 22.6 Å². The second-order valence-corrected chi connectivity index (χ2v) is 3.74. The molecular formula is C6H8IN3O. The van der Waals surface area contributed by atoms with Gasteiger partial charge in [0.1, 0.15) is 5.84 Å². The van der Waals surface area contributed by atoms with Gasteiger partial charge in [0, 0.05) is 13.2 Å². The molecule has 0 aromatic rings. The smallest absolute Gasteiger partial charge is 0.197 e. The topological polar surface area (TPSA) is 54.1 Å². The highest BCUT2D eigenvalue weighted by molar-refractivity contribution is 14.1. The van der Waals surface area contributed by atoms with Gasteiger partial charge < -0.3 is 15.4 Å². The summed E-state index contributed by atoms with van der Waals surface area (Å²) < 4.78 is 6.17. The van der Waals surface area contributed by atoms with E-state index in [9.17, 15) is 0 Å². The highest BCUT2D eigenvalue weighted by Gasteiger charge is 2.43. The van der Waals surface area contributed by atoms with E-state index in [4.69, 9.17) is 10.5 Å². The van der Waals surface area contributed by atoms with Crippen LogP contribution in [0.2, 0.25) is 0 Å². The van der Waals surface area contributed by atoms with E-state index in [0.29, 0.717) is 5.84 Å². The molecule has 60 valence electrons. The number of epoxide rings is 1. The fraction of sp³-hybridized carbons (Fsp3) is 0.500. The van der Waals surface area contributed by atoms with E-state index >= 15 is 0 Å². The number of rotatable bonds is 0. The number of likely N-dealkylation sites (N-methyl/N-ethyl adjacent to an activating group) is 1. The molecule has 0 spiro atoms. The molecule has 0 aromatic carbocycles. The van der Waals surface area contributed by atoms with Crippen LogP contribution in [0.4, 0.5) is 0 Å². The Morgan fingerprint density at radius 1 is 1.82 bits per heavy atom. The maximum absolute atomic E-state index is 5.63. The third kappa shape index (κ3) is 1.22. The van der Waals surface area contributed by atoms with Gasteiger partial charge in [-0.2, -0.15) is 0 Å². The van der Waals surface area contributed by atoms with Crippen molar-refractivity contribution in [1.82, 2.24) is 4.90 Å². The summed E-state index contributed by atoms with van der Waals surface area (Å²) in [4.78, 5) is 6.12. The molecule has 11 heavy (non-hydrogen) atoms. The Morgan fingerprint density at radius 2 is 2.55 bits per heavy atom. The quantitative estimate of drug-likeness (QED) is 0.504. The summed E-state index contributed by atoms with van der Waals surface area (Å²) in [7, 11) is 1.96. The molecule has 2 rings (SSSR count). The van der Waals surface area contributed by atoms with Crippen LogP contribution in [0.5, 0.6) is 0 Å². The molecule has 0 radical (unpaired) electrons. The predicted octanol–water partition coefficient (Wildman–Crippen LogP) is 0.248. The number of nitrogens with two attached hydrogens (primary N) is 1. The van der Waals surface area contributed by atoms with Crippen molar-refractivity contribution in [2.45, 2.75) is 12.5 Å². The Kier molecular flexibility index (Phi) is 1.57. The van der Waals surface area contributed by atoms with Crippen molar-refractivity contribution in [2.75, 3.05) is 7.05 Å². The van der Waals surface area contributed by atoms with Crippen molar-refractivity contribution < 1.29 is 4.74 Å². The van der Waals surface area contributed by atoms with E-state index in [1.165, 1.54) is 0 Å². The molecule has 0 amide bonds. The fourth-order valence-electron chi connectivity index (χ4n) is 1.01. The van der Waals surface area contributed by atoms with E-state index in [1.54, 1.807) is 0 Å². The Bertz CT molecular complexity index is 248. The number of nitrogens with zero attached hydrogens (tertiary/aromatic N) is 2. The molecule has 2 heterocycles. The number of ether oxygens (including phenoxy) is 1. The van der Waals surface area contributed by atoms with Crippen LogP contribution in [0.25, 0.3) is 0 Å². The van der Waals surface area contributed by atoms with Crippen molar-refractivity contribution in [2.24, 2.45) is 10.7 Å². The summed E-state index contributed by atoms with van der Waals surface area (Å²) in [5, 5.41) is 0. The zero-order chi connectivity index (χ0) is 8.01. The molecular weight excluding hydrogens is 257 g/mol. The lowest BCUT2D eigenvalue weighted by atomic mass is 10.5. The first-order chi connectivity index (χ1) is 5.18. The maximum Gasteiger partial charge on any atom is 0.197 e. The summed E-state index contributed by atoms with van der Waals surface area (Å²) >= 11 is 2.16. The molecule has 0 aromatic heterocycles. The minimum Gasteiger partial charge on any atom is -0.383 e. The molecule has 4 nitrogen and oxygen atoms in total. The second kappa shape index (κ2) is 2.34. The Balaban J connectivity index is 2.29. The van der Waals surface area contributed by atoms with Gasteiger partial charge in [0.05, 0.1) is 3.58 Å². The van der Waals surface area contributed by atoms with E-state index < -0.39 is 0 Å². The normalized spacial score (nSPS) is 35.3. The zero-order valence-electron chi connectivity index (χ0n) is 5.99. The van der Waals surface area contributed by atoms with E-state index in [2.05, 4.69) is 27.6 Å². The monoisotopic (exact) mass is 265 g/mol. The van der Waals surface area contributed by atoms with Crippen molar-refractivity contribution in [3.8, 4) is 0 Å². The SMILES string of the molecule is CN1C=C(I)C(N)=NC2OC21. The average molecular weight is 265 g/mol. The van der Waals surface area contributed by atoms with Crippen molar-refractivity contribution >= 4 is 28.4 Å². The van der Waals surface area contributed by atoms with Gasteiger partial charge in [-0.3, -0.25) is 0 Å². The Labute approximate surface area is 78.2 Å². The van der Waals surface area contributed by atoms with Crippen molar-refractivity contribution in [3.63, 3.8) is 0 Å². The van der Waals surface area contributed by atoms with Crippen molar-refractivity contribution in [1.29, 1.82) is 0 Å². The molecule has 2 unspecified atom stereocenters. The van der Waals surface area contributed by atoms with E-state index in [0.717, 1.165) is 3.58 Å². The molecule has 1 fully saturated rings. The minimum absolute atomic E-state index is 0.0384. The van der Waals surface area contributed by atoms with Crippen LogP contribution in [-0.2, 0) is 4.74 Å². The van der Waals surface area contributed by atoms with Crippen LogP contribution in [0.3, 0.4) is 0 Å². The molecule has 1 saturated heterocycles. The van der Waals surface area contributed by atoms with Crippen molar-refractivity contribution in [3.05, 3.63) is 9.78 Å². The molecule has 5 heteroatoms. The van der Waals surface area contributed by atoms with Crippen LogP contribution < -0.4 is 5.73 Å².